The third-order valence-corrected chi connectivity index (χ3v) is 6.21. The van der Waals surface area contributed by atoms with Crippen molar-refractivity contribution in [3.8, 4) is 11.3 Å². The molecule has 1 fully saturated rings. The van der Waals surface area contributed by atoms with E-state index in [2.05, 4.69) is 44.2 Å². The average molecular weight is 443 g/mol. The second kappa shape index (κ2) is 8.99. The van der Waals surface area contributed by atoms with Gasteiger partial charge in [-0.25, -0.2) is 15.0 Å². The molecule has 168 valence electrons. The fourth-order valence-electron chi connectivity index (χ4n) is 4.25. The highest BCUT2D eigenvalue weighted by Crippen LogP contribution is 2.26. The highest BCUT2D eigenvalue weighted by Gasteiger charge is 2.22. The van der Waals surface area contributed by atoms with Crippen LogP contribution in [0, 0.1) is 0 Å². The molecular formula is C25H26N6O2. The molecule has 0 radical (unpaired) electrons. The predicted octanol–water partition coefficient (Wildman–Crippen LogP) is 4.07. The zero-order chi connectivity index (χ0) is 22.8. The Hall–Kier alpha value is -3.78. The van der Waals surface area contributed by atoms with E-state index < -0.39 is 0 Å². The van der Waals surface area contributed by atoms with Crippen LogP contribution in [0.3, 0.4) is 0 Å². The fourth-order valence-corrected chi connectivity index (χ4v) is 4.25. The van der Waals surface area contributed by atoms with Crippen LogP contribution in [0.25, 0.3) is 22.1 Å². The smallest absolute Gasteiger partial charge is 0.257 e. The van der Waals surface area contributed by atoms with Gasteiger partial charge in [-0.15, -0.1) is 0 Å². The van der Waals surface area contributed by atoms with Crippen molar-refractivity contribution in [2.45, 2.75) is 18.9 Å². The van der Waals surface area contributed by atoms with Gasteiger partial charge in [-0.2, -0.15) is 0 Å². The first-order valence-corrected chi connectivity index (χ1v) is 11.0. The Labute approximate surface area is 192 Å². The lowest BCUT2D eigenvalue weighted by molar-refractivity contribution is 0.102. The summed E-state index contributed by atoms with van der Waals surface area (Å²) in [4.78, 5) is 30.4. The summed E-state index contributed by atoms with van der Waals surface area (Å²) in [6, 6.07) is 12.0. The molecule has 1 aliphatic heterocycles. The number of oxazole rings is 1. The second-order valence-corrected chi connectivity index (χ2v) is 8.54. The molecule has 1 amide bonds. The summed E-state index contributed by atoms with van der Waals surface area (Å²) in [5, 5.41) is 4.85. The van der Waals surface area contributed by atoms with Crippen LogP contribution in [-0.4, -0.2) is 59.0 Å². The largest absolute Gasteiger partial charge is 0.444 e. The highest BCUT2D eigenvalue weighted by molar-refractivity contribution is 6.05. The highest BCUT2D eigenvalue weighted by atomic mass is 16.3. The molecule has 0 aliphatic carbocycles. The normalized spacial score (nSPS) is 14.7. The standard InChI is InChI=1S/C25H26N6O2/c1-30(2)21-6-9-31(10-7-21)24-13-18(5-8-27-24)25(32)29-23-12-20-11-17(22-15-26-16-33-22)3-4-19(20)14-28-23/h3-5,8,11-16,21H,6-7,9-10H2,1-2H3,(H,28,29,32). The molecule has 1 aliphatic rings. The summed E-state index contributed by atoms with van der Waals surface area (Å²) in [5.41, 5.74) is 1.48. The number of amides is 1. The molecular weight excluding hydrogens is 416 g/mol. The molecule has 4 heterocycles. The molecule has 8 nitrogen and oxygen atoms in total. The van der Waals surface area contributed by atoms with E-state index in [0.29, 0.717) is 23.2 Å². The van der Waals surface area contributed by atoms with Gasteiger partial charge in [-0.3, -0.25) is 4.79 Å². The fraction of sp³-hybridized carbons (Fsp3) is 0.280. The number of rotatable bonds is 5. The first kappa shape index (κ1) is 21.1. The number of carbonyl (C=O) groups is 1. The molecule has 1 N–H and O–H groups in total. The van der Waals surface area contributed by atoms with Crippen LogP contribution in [0.1, 0.15) is 23.2 Å². The molecule has 0 bridgehead atoms. The Morgan fingerprint density at radius 2 is 1.91 bits per heavy atom. The maximum absolute atomic E-state index is 13.0. The average Bonchev–Trinajstić information content (AvgIpc) is 3.39. The van der Waals surface area contributed by atoms with Crippen molar-refractivity contribution < 1.29 is 9.21 Å². The number of nitrogens with one attached hydrogen (secondary N) is 1. The van der Waals surface area contributed by atoms with Crippen molar-refractivity contribution in [1.29, 1.82) is 0 Å². The zero-order valence-corrected chi connectivity index (χ0v) is 18.7. The number of piperidine rings is 1. The molecule has 4 aromatic rings. The molecule has 1 saturated heterocycles. The number of anilines is 2. The summed E-state index contributed by atoms with van der Waals surface area (Å²) in [6.07, 6.45) is 8.70. The summed E-state index contributed by atoms with van der Waals surface area (Å²) in [5.74, 6) is 1.81. The van der Waals surface area contributed by atoms with E-state index >= 15 is 0 Å². The Morgan fingerprint density at radius 1 is 1.06 bits per heavy atom. The second-order valence-electron chi connectivity index (χ2n) is 8.54. The Bertz CT molecular complexity index is 1260. The van der Waals surface area contributed by atoms with Gasteiger partial charge >= 0.3 is 0 Å². The summed E-state index contributed by atoms with van der Waals surface area (Å²) in [7, 11) is 4.25. The van der Waals surface area contributed by atoms with Crippen LogP contribution in [-0.2, 0) is 0 Å². The number of aromatic nitrogens is 3. The molecule has 0 atom stereocenters. The maximum atomic E-state index is 13.0. The Morgan fingerprint density at radius 3 is 2.67 bits per heavy atom. The molecule has 0 spiro atoms. The van der Waals surface area contributed by atoms with Crippen molar-refractivity contribution in [2.75, 3.05) is 37.4 Å². The predicted molar refractivity (Wildman–Crippen MR) is 128 cm³/mol. The molecule has 33 heavy (non-hydrogen) atoms. The van der Waals surface area contributed by atoms with E-state index in [-0.39, 0.29) is 5.91 Å². The van der Waals surface area contributed by atoms with Crippen LogP contribution >= 0.6 is 0 Å². The van der Waals surface area contributed by atoms with Crippen LogP contribution < -0.4 is 10.2 Å². The van der Waals surface area contributed by atoms with Gasteiger partial charge in [0.25, 0.3) is 5.91 Å². The van der Waals surface area contributed by atoms with Crippen LogP contribution in [0.15, 0.2) is 65.8 Å². The minimum Gasteiger partial charge on any atom is -0.444 e. The third kappa shape index (κ3) is 4.56. The molecule has 8 heteroatoms. The zero-order valence-electron chi connectivity index (χ0n) is 18.7. The van der Waals surface area contributed by atoms with E-state index in [1.807, 2.05) is 30.3 Å². The first-order valence-electron chi connectivity index (χ1n) is 11.0. The number of carbonyl (C=O) groups excluding carboxylic acids is 1. The summed E-state index contributed by atoms with van der Waals surface area (Å²) < 4.78 is 5.39. The number of benzene rings is 1. The van der Waals surface area contributed by atoms with E-state index in [1.54, 1.807) is 24.7 Å². The lowest BCUT2D eigenvalue weighted by Crippen LogP contribution is -2.42. The minimum atomic E-state index is -0.208. The molecule has 0 unspecified atom stereocenters. The van der Waals surface area contributed by atoms with Gasteiger partial charge in [0, 0.05) is 48.0 Å². The van der Waals surface area contributed by atoms with Gasteiger partial charge in [-0.05, 0) is 56.6 Å². The number of hydrogen-bond donors (Lipinski definition) is 1. The van der Waals surface area contributed by atoms with E-state index in [0.717, 1.165) is 48.1 Å². The summed E-state index contributed by atoms with van der Waals surface area (Å²) >= 11 is 0. The summed E-state index contributed by atoms with van der Waals surface area (Å²) in [6.45, 7) is 1.86. The number of nitrogens with zero attached hydrogens (tertiary/aromatic N) is 5. The van der Waals surface area contributed by atoms with Crippen molar-refractivity contribution >= 4 is 28.3 Å². The Balaban J connectivity index is 1.32. The number of hydrogen-bond acceptors (Lipinski definition) is 7. The van der Waals surface area contributed by atoms with Gasteiger partial charge in [0.2, 0.25) is 0 Å². The Kier molecular flexibility index (Phi) is 5.75. The van der Waals surface area contributed by atoms with Crippen LogP contribution in [0.2, 0.25) is 0 Å². The lowest BCUT2D eigenvalue weighted by atomic mass is 10.0. The molecule has 0 saturated carbocycles. The molecule has 1 aromatic carbocycles. The van der Waals surface area contributed by atoms with Gasteiger partial charge in [0.05, 0.1) is 6.20 Å². The van der Waals surface area contributed by atoms with Gasteiger partial charge < -0.3 is 19.5 Å². The van der Waals surface area contributed by atoms with E-state index in [4.69, 9.17) is 4.42 Å². The van der Waals surface area contributed by atoms with Crippen LogP contribution in [0.5, 0.6) is 0 Å². The third-order valence-electron chi connectivity index (χ3n) is 6.21. The number of fused-ring (bicyclic) bond motifs is 1. The lowest BCUT2D eigenvalue weighted by Gasteiger charge is -2.35. The maximum Gasteiger partial charge on any atom is 0.257 e. The van der Waals surface area contributed by atoms with Gasteiger partial charge in [0.15, 0.2) is 12.2 Å². The topological polar surface area (TPSA) is 87.4 Å². The van der Waals surface area contributed by atoms with Crippen molar-refractivity contribution in [2.24, 2.45) is 0 Å². The number of pyridine rings is 2. The van der Waals surface area contributed by atoms with E-state index in [9.17, 15) is 4.79 Å². The van der Waals surface area contributed by atoms with Crippen LogP contribution in [0.4, 0.5) is 11.6 Å². The quantitative estimate of drug-likeness (QED) is 0.498. The molecule has 5 rings (SSSR count). The first-order chi connectivity index (χ1) is 16.1. The van der Waals surface area contributed by atoms with Crippen molar-refractivity contribution in [3.63, 3.8) is 0 Å². The monoisotopic (exact) mass is 442 g/mol. The SMILES string of the molecule is CN(C)C1CCN(c2cc(C(=O)Nc3cc4cc(-c5cnco5)ccc4cn3)ccn2)CC1. The van der Waals surface area contributed by atoms with Crippen molar-refractivity contribution in [3.05, 3.63) is 66.9 Å². The molecule has 3 aromatic heterocycles. The van der Waals surface area contributed by atoms with Crippen molar-refractivity contribution in [1.82, 2.24) is 19.9 Å². The van der Waals surface area contributed by atoms with E-state index in [1.165, 1.54) is 6.39 Å². The van der Waals surface area contributed by atoms with Gasteiger partial charge in [0.1, 0.15) is 11.6 Å². The minimum absolute atomic E-state index is 0.208. The van der Waals surface area contributed by atoms with Gasteiger partial charge in [-0.1, -0.05) is 12.1 Å².